The molecule has 1 aliphatic heterocycles. The van der Waals surface area contributed by atoms with Crippen LogP contribution in [0.2, 0.25) is 10.0 Å². The largest absolute Gasteiger partial charge is 0.485 e. The number of fused-ring (bicyclic) bond motifs is 1. The quantitative estimate of drug-likeness (QED) is 0.671. The zero-order chi connectivity index (χ0) is 19.9. The maximum Gasteiger partial charge on any atom is 0.175 e. The van der Waals surface area contributed by atoms with Gasteiger partial charge in [-0.3, -0.25) is 0 Å². The van der Waals surface area contributed by atoms with Crippen molar-refractivity contribution < 1.29 is 13.2 Å². The van der Waals surface area contributed by atoms with Crippen LogP contribution in [-0.4, -0.2) is 39.2 Å². The second-order valence-corrected chi connectivity index (χ2v) is 10.6. The molecule has 1 aliphatic carbocycles. The lowest BCUT2D eigenvalue weighted by atomic mass is 10.0. The number of hydrogen-bond donors (Lipinski definition) is 0. The fraction of sp³-hybridized carbons (Fsp3) is 0.429. The Bertz CT molecular complexity index is 970. The zero-order valence-electron chi connectivity index (χ0n) is 15.7. The molecule has 0 saturated carbocycles. The van der Waals surface area contributed by atoms with Crippen molar-refractivity contribution >= 4 is 33.0 Å². The minimum atomic E-state index is -3.23. The van der Waals surface area contributed by atoms with E-state index in [1.54, 1.807) is 30.3 Å². The molecular formula is C21H23Cl2NO3S. The summed E-state index contributed by atoms with van der Waals surface area (Å²) in [5.74, 6) is 0.923. The van der Waals surface area contributed by atoms with Crippen molar-refractivity contribution in [3.63, 3.8) is 0 Å². The summed E-state index contributed by atoms with van der Waals surface area (Å²) in [7, 11) is -3.23. The van der Waals surface area contributed by atoms with E-state index >= 15 is 0 Å². The highest BCUT2D eigenvalue weighted by Crippen LogP contribution is 2.44. The van der Waals surface area contributed by atoms with Crippen molar-refractivity contribution in [2.75, 3.05) is 25.9 Å². The Morgan fingerprint density at radius 1 is 1.11 bits per heavy atom. The number of hydrogen-bond acceptors (Lipinski definition) is 4. The van der Waals surface area contributed by atoms with E-state index in [9.17, 15) is 8.42 Å². The van der Waals surface area contributed by atoms with E-state index in [-0.39, 0.29) is 16.9 Å². The topological polar surface area (TPSA) is 46.6 Å². The van der Waals surface area contributed by atoms with Crippen LogP contribution in [0.1, 0.15) is 30.1 Å². The Morgan fingerprint density at radius 3 is 2.43 bits per heavy atom. The fourth-order valence-electron chi connectivity index (χ4n) is 4.24. The van der Waals surface area contributed by atoms with Gasteiger partial charge in [0.05, 0.1) is 4.90 Å². The van der Waals surface area contributed by atoms with Crippen molar-refractivity contribution in [1.29, 1.82) is 0 Å². The number of ether oxygens (including phenoxy) is 1. The van der Waals surface area contributed by atoms with E-state index in [0.29, 0.717) is 15.8 Å². The van der Waals surface area contributed by atoms with Crippen LogP contribution >= 0.6 is 23.2 Å². The first kappa shape index (κ1) is 20.0. The van der Waals surface area contributed by atoms with Crippen molar-refractivity contribution in [3.8, 4) is 5.75 Å². The molecule has 2 atom stereocenters. The molecule has 2 aromatic carbocycles. The molecule has 0 radical (unpaired) electrons. The predicted octanol–water partition coefficient (Wildman–Crippen LogP) is 4.79. The van der Waals surface area contributed by atoms with Gasteiger partial charge in [0, 0.05) is 28.8 Å². The van der Waals surface area contributed by atoms with Crippen molar-refractivity contribution in [1.82, 2.24) is 4.90 Å². The number of benzene rings is 2. The van der Waals surface area contributed by atoms with Gasteiger partial charge in [0.1, 0.15) is 11.9 Å². The summed E-state index contributed by atoms with van der Waals surface area (Å²) in [4.78, 5) is 2.77. The van der Waals surface area contributed by atoms with Crippen molar-refractivity contribution in [2.45, 2.75) is 30.3 Å². The van der Waals surface area contributed by atoms with Gasteiger partial charge in [-0.25, -0.2) is 8.42 Å². The lowest BCUT2D eigenvalue weighted by Gasteiger charge is -2.26. The first-order chi connectivity index (χ1) is 13.3. The van der Waals surface area contributed by atoms with Crippen LogP contribution in [0.4, 0.5) is 0 Å². The zero-order valence-corrected chi connectivity index (χ0v) is 18.0. The number of rotatable bonds is 5. The third kappa shape index (κ3) is 4.18. The van der Waals surface area contributed by atoms with E-state index in [1.165, 1.54) is 19.1 Å². The highest BCUT2D eigenvalue weighted by atomic mass is 35.5. The Hall–Kier alpha value is -1.27. The van der Waals surface area contributed by atoms with Gasteiger partial charge < -0.3 is 9.64 Å². The smallest absolute Gasteiger partial charge is 0.175 e. The molecule has 150 valence electrons. The van der Waals surface area contributed by atoms with Crippen LogP contribution in [-0.2, 0) is 16.3 Å². The van der Waals surface area contributed by atoms with Gasteiger partial charge in [-0.15, -0.1) is 0 Å². The summed E-state index contributed by atoms with van der Waals surface area (Å²) in [5, 5.41) is 1.29. The molecule has 0 aromatic heterocycles. The fourth-order valence-corrected chi connectivity index (χ4v) is 5.46. The standard InChI is InChI=1S/C21H23Cl2NO3S/c1-28(25,26)17-6-4-16(5-7-17)27-21-14(13-24-8-2-3-9-24)10-18-19(21)11-15(22)12-20(18)23/h4-7,11-12,14,21H,2-3,8-10,13H2,1H3/t14-,21-/m0/s1. The maximum absolute atomic E-state index is 11.7. The number of sulfone groups is 1. The molecular weight excluding hydrogens is 417 g/mol. The summed E-state index contributed by atoms with van der Waals surface area (Å²) in [6, 6.07) is 10.3. The Labute approximate surface area is 176 Å². The highest BCUT2D eigenvalue weighted by molar-refractivity contribution is 7.90. The molecule has 4 nitrogen and oxygen atoms in total. The van der Waals surface area contributed by atoms with Crippen LogP contribution in [0.25, 0.3) is 0 Å². The summed E-state index contributed by atoms with van der Waals surface area (Å²) in [5.41, 5.74) is 2.14. The molecule has 1 saturated heterocycles. The molecule has 7 heteroatoms. The molecule has 4 rings (SSSR count). The van der Waals surface area contributed by atoms with Gasteiger partial charge >= 0.3 is 0 Å². The first-order valence-corrected chi connectivity index (χ1v) is 12.1. The van der Waals surface area contributed by atoms with Crippen LogP contribution in [0.15, 0.2) is 41.3 Å². The summed E-state index contributed by atoms with van der Waals surface area (Å²) in [6.45, 7) is 3.20. The minimum Gasteiger partial charge on any atom is -0.485 e. The highest BCUT2D eigenvalue weighted by Gasteiger charge is 2.37. The average molecular weight is 440 g/mol. The van der Waals surface area contributed by atoms with Crippen LogP contribution in [0.3, 0.4) is 0 Å². The van der Waals surface area contributed by atoms with E-state index < -0.39 is 9.84 Å². The van der Waals surface area contributed by atoms with Gasteiger partial charge in [-0.2, -0.15) is 0 Å². The van der Waals surface area contributed by atoms with E-state index in [4.69, 9.17) is 27.9 Å². The maximum atomic E-state index is 11.7. The van der Waals surface area contributed by atoms with Crippen LogP contribution in [0.5, 0.6) is 5.75 Å². The average Bonchev–Trinajstić information content (AvgIpc) is 3.25. The van der Waals surface area contributed by atoms with Crippen LogP contribution < -0.4 is 4.74 Å². The van der Waals surface area contributed by atoms with Crippen LogP contribution in [0, 0.1) is 5.92 Å². The molecule has 0 amide bonds. The molecule has 0 spiro atoms. The van der Waals surface area contributed by atoms with Gasteiger partial charge in [-0.05, 0) is 79.9 Å². The molecule has 1 heterocycles. The minimum absolute atomic E-state index is 0.157. The molecule has 28 heavy (non-hydrogen) atoms. The number of likely N-dealkylation sites (tertiary alicyclic amines) is 1. The predicted molar refractivity (Wildman–Crippen MR) is 112 cm³/mol. The van der Waals surface area contributed by atoms with Gasteiger partial charge in [0.15, 0.2) is 9.84 Å². The van der Waals surface area contributed by atoms with E-state index in [2.05, 4.69) is 4.90 Å². The van der Waals surface area contributed by atoms with E-state index in [0.717, 1.165) is 37.2 Å². The number of nitrogens with zero attached hydrogens (tertiary/aromatic N) is 1. The molecule has 2 aliphatic rings. The lowest BCUT2D eigenvalue weighted by Crippen LogP contribution is -2.30. The summed E-state index contributed by atoms with van der Waals surface area (Å²) >= 11 is 12.7. The van der Waals surface area contributed by atoms with Crippen molar-refractivity contribution in [2.24, 2.45) is 5.92 Å². The SMILES string of the molecule is CS(=O)(=O)c1ccc(O[C@@H]2c3cc(Cl)cc(Cl)c3C[C@H]2CN2CCCC2)cc1. The summed E-state index contributed by atoms with van der Waals surface area (Å²) < 4.78 is 29.8. The monoisotopic (exact) mass is 439 g/mol. The molecule has 1 fully saturated rings. The Balaban J connectivity index is 1.63. The van der Waals surface area contributed by atoms with Crippen molar-refractivity contribution in [3.05, 3.63) is 57.6 Å². The normalized spacial score (nSPS) is 22.4. The molecule has 0 N–H and O–H groups in total. The molecule has 0 bridgehead atoms. The first-order valence-electron chi connectivity index (χ1n) is 9.48. The molecule has 0 unspecified atom stereocenters. The third-order valence-electron chi connectivity index (χ3n) is 5.60. The summed E-state index contributed by atoms with van der Waals surface area (Å²) in [6.07, 6.45) is 4.38. The van der Waals surface area contributed by atoms with E-state index in [1.807, 2.05) is 6.07 Å². The Morgan fingerprint density at radius 2 is 1.79 bits per heavy atom. The van der Waals surface area contributed by atoms with Gasteiger partial charge in [0.25, 0.3) is 0 Å². The molecule has 2 aromatic rings. The van der Waals surface area contributed by atoms with Gasteiger partial charge in [0.2, 0.25) is 0 Å². The second kappa shape index (κ2) is 7.86. The van der Waals surface area contributed by atoms with Gasteiger partial charge in [-0.1, -0.05) is 23.2 Å². The second-order valence-electron chi connectivity index (χ2n) is 7.71. The number of halogens is 2. The lowest BCUT2D eigenvalue weighted by molar-refractivity contribution is 0.121. The Kier molecular flexibility index (Phi) is 5.62. The third-order valence-corrected chi connectivity index (χ3v) is 7.29.